The van der Waals surface area contributed by atoms with E-state index in [2.05, 4.69) is 0 Å². The fraction of sp³-hybridized carbons (Fsp3) is 0.316. The molecule has 0 aliphatic carbocycles. The minimum absolute atomic E-state index is 0.0364. The van der Waals surface area contributed by atoms with E-state index in [4.69, 9.17) is 11.6 Å². The first kappa shape index (κ1) is 16.0. The Morgan fingerprint density at radius 3 is 2.26 bits per heavy atom. The van der Waals surface area contributed by atoms with E-state index < -0.39 is 6.10 Å². The van der Waals surface area contributed by atoms with E-state index in [9.17, 15) is 9.90 Å². The van der Waals surface area contributed by atoms with Crippen LogP contribution in [-0.4, -0.2) is 29.0 Å². The van der Waals surface area contributed by atoms with Crippen LogP contribution < -0.4 is 0 Å². The van der Waals surface area contributed by atoms with Gasteiger partial charge in [0.1, 0.15) is 0 Å². The van der Waals surface area contributed by atoms with Crippen LogP contribution in [0.3, 0.4) is 0 Å². The van der Waals surface area contributed by atoms with E-state index in [-0.39, 0.29) is 11.8 Å². The third-order valence-corrected chi connectivity index (χ3v) is 4.76. The van der Waals surface area contributed by atoms with Crippen molar-refractivity contribution in [2.24, 2.45) is 5.92 Å². The number of piperidine rings is 1. The lowest BCUT2D eigenvalue weighted by molar-refractivity contribution is 0.0462. The molecule has 3 nitrogen and oxygen atoms in total. The Morgan fingerprint density at radius 1 is 1.04 bits per heavy atom. The van der Waals surface area contributed by atoms with Crippen molar-refractivity contribution in [2.75, 3.05) is 13.1 Å². The first-order chi connectivity index (χ1) is 11.1. The highest BCUT2D eigenvalue weighted by Crippen LogP contribution is 2.31. The van der Waals surface area contributed by atoms with E-state index in [0.29, 0.717) is 23.7 Å². The Morgan fingerprint density at radius 2 is 1.65 bits per heavy atom. The van der Waals surface area contributed by atoms with Gasteiger partial charge in [-0.05, 0) is 48.6 Å². The number of nitrogens with zero attached hydrogens (tertiary/aromatic N) is 1. The summed E-state index contributed by atoms with van der Waals surface area (Å²) in [5.74, 6) is 0.237. The lowest BCUT2D eigenvalue weighted by Gasteiger charge is -2.34. The van der Waals surface area contributed by atoms with Crippen molar-refractivity contribution in [3.05, 3.63) is 70.7 Å². The molecule has 0 radical (unpaired) electrons. The first-order valence-electron chi connectivity index (χ1n) is 7.93. The molecule has 1 N–H and O–H groups in total. The fourth-order valence-corrected chi connectivity index (χ4v) is 3.24. The number of halogens is 1. The van der Waals surface area contributed by atoms with Gasteiger partial charge in [0.25, 0.3) is 5.91 Å². The molecule has 4 heteroatoms. The third-order valence-electron chi connectivity index (χ3n) is 4.51. The molecule has 0 spiro atoms. The summed E-state index contributed by atoms with van der Waals surface area (Å²) >= 11 is 5.86. The number of hydrogen-bond acceptors (Lipinski definition) is 2. The second-order valence-electron chi connectivity index (χ2n) is 5.99. The molecule has 23 heavy (non-hydrogen) atoms. The van der Waals surface area contributed by atoms with Gasteiger partial charge in [0.15, 0.2) is 0 Å². The minimum Gasteiger partial charge on any atom is -0.388 e. The van der Waals surface area contributed by atoms with E-state index in [1.807, 2.05) is 35.2 Å². The highest BCUT2D eigenvalue weighted by molar-refractivity contribution is 6.30. The molecule has 3 rings (SSSR count). The molecular formula is C19H20ClNO2. The Kier molecular flexibility index (Phi) is 4.99. The average molecular weight is 330 g/mol. The molecule has 0 bridgehead atoms. The second-order valence-corrected chi connectivity index (χ2v) is 6.43. The van der Waals surface area contributed by atoms with Gasteiger partial charge in [-0.3, -0.25) is 4.79 Å². The molecule has 120 valence electrons. The van der Waals surface area contributed by atoms with Gasteiger partial charge in [0, 0.05) is 23.7 Å². The van der Waals surface area contributed by atoms with E-state index in [0.717, 1.165) is 18.4 Å². The van der Waals surface area contributed by atoms with Crippen molar-refractivity contribution in [2.45, 2.75) is 18.9 Å². The van der Waals surface area contributed by atoms with Crippen LogP contribution in [0.4, 0.5) is 0 Å². The lowest BCUT2D eigenvalue weighted by Crippen LogP contribution is -2.39. The maximum Gasteiger partial charge on any atom is 0.253 e. The van der Waals surface area contributed by atoms with E-state index >= 15 is 0 Å². The van der Waals surface area contributed by atoms with Crippen LogP contribution in [0.15, 0.2) is 54.6 Å². The maximum absolute atomic E-state index is 12.5. The molecule has 1 aliphatic rings. The molecule has 1 unspecified atom stereocenters. The van der Waals surface area contributed by atoms with Crippen LogP contribution in [0.25, 0.3) is 0 Å². The number of benzene rings is 2. The zero-order valence-corrected chi connectivity index (χ0v) is 13.6. The van der Waals surface area contributed by atoms with Gasteiger partial charge in [-0.1, -0.05) is 41.9 Å². The molecule has 0 aromatic heterocycles. The zero-order valence-electron chi connectivity index (χ0n) is 12.9. The number of hydrogen-bond donors (Lipinski definition) is 1. The summed E-state index contributed by atoms with van der Waals surface area (Å²) in [6, 6.07) is 16.7. The van der Waals surface area contributed by atoms with Crippen molar-refractivity contribution >= 4 is 17.5 Å². The van der Waals surface area contributed by atoms with Gasteiger partial charge >= 0.3 is 0 Å². The van der Waals surface area contributed by atoms with Gasteiger partial charge in [-0.2, -0.15) is 0 Å². The maximum atomic E-state index is 12.5. The first-order valence-corrected chi connectivity index (χ1v) is 8.31. The molecule has 0 saturated carbocycles. The van der Waals surface area contributed by atoms with Crippen LogP contribution in [0.5, 0.6) is 0 Å². The highest BCUT2D eigenvalue weighted by atomic mass is 35.5. The average Bonchev–Trinajstić information content (AvgIpc) is 2.62. The fourth-order valence-electron chi connectivity index (χ4n) is 3.12. The predicted octanol–water partition coefficient (Wildman–Crippen LogP) is 3.93. The Hall–Kier alpha value is -1.84. The minimum atomic E-state index is -0.455. The zero-order chi connectivity index (χ0) is 16.2. The van der Waals surface area contributed by atoms with Gasteiger partial charge in [0.05, 0.1) is 6.10 Å². The highest BCUT2D eigenvalue weighted by Gasteiger charge is 2.28. The predicted molar refractivity (Wildman–Crippen MR) is 91.5 cm³/mol. The third kappa shape index (κ3) is 3.74. The summed E-state index contributed by atoms with van der Waals surface area (Å²) in [5.41, 5.74) is 1.62. The molecule has 1 amide bonds. The van der Waals surface area contributed by atoms with Crippen LogP contribution in [0.2, 0.25) is 5.02 Å². The Bertz CT molecular complexity index is 649. The molecule has 1 fully saturated rings. The van der Waals surface area contributed by atoms with Crippen molar-refractivity contribution in [1.29, 1.82) is 0 Å². The molecule has 1 saturated heterocycles. The molecular weight excluding hydrogens is 310 g/mol. The quantitative estimate of drug-likeness (QED) is 0.927. The summed E-state index contributed by atoms with van der Waals surface area (Å²) in [5, 5.41) is 11.1. The normalized spacial score (nSPS) is 17.0. The number of aliphatic hydroxyl groups excluding tert-OH is 1. The van der Waals surface area contributed by atoms with Crippen molar-refractivity contribution < 1.29 is 9.90 Å². The smallest absolute Gasteiger partial charge is 0.253 e. The lowest BCUT2D eigenvalue weighted by atomic mass is 9.87. The van der Waals surface area contributed by atoms with Crippen molar-refractivity contribution in [1.82, 2.24) is 4.90 Å². The van der Waals surface area contributed by atoms with Gasteiger partial charge in [-0.25, -0.2) is 0 Å². The van der Waals surface area contributed by atoms with Crippen LogP contribution >= 0.6 is 11.6 Å². The standard InChI is InChI=1S/C19H20ClNO2/c20-17-8-6-16(7-9-17)19(23)21-12-10-15(11-13-21)18(22)14-4-2-1-3-5-14/h1-9,15,18,22H,10-13H2. The molecule has 2 aromatic carbocycles. The van der Waals surface area contributed by atoms with Gasteiger partial charge in [0.2, 0.25) is 0 Å². The Labute approximate surface area is 141 Å². The van der Waals surface area contributed by atoms with Crippen molar-refractivity contribution in [3.8, 4) is 0 Å². The topological polar surface area (TPSA) is 40.5 Å². The van der Waals surface area contributed by atoms with Gasteiger partial charge in [-0.15, -0.1) is 0 Å². The van der Waals surface area contributed by atoms with Crippen LogP contribution in [0.1, 0.15) is 34.9 Å². The number of amides is 1. The number of rotatable bonds is 3. The molecule has 1 aliphatic heterocycles. The SMILES string of the molecule is O=C(c1ccc(Cl)cc1)N1CCC(C(O)c2ccccc2)CC1. The van der Waals surface area contributed by atoms with Crippen LogP contribution in [0, 0.1) is 5.92 Å². The second kappa shape index (κ2) is 7.16. The molecule has 1 heterocycles. The monoisotopic (exact) mass is 329 g/mol. The summed E-state index contributed by atoms with van der Waals surface area (Å²) < 4.78 is 0. The summed E-state index contributed by atoms with van der Waals surface area (Å²) in [6.07, 6.45) is 1.18. The molecule has 2 aromatic rings. The summed E-state index contributed by atoms with van der Waals surface area (Å²) in [4.78, 5) is 14.3. The number of likely N-dealkylation sites (tertiary alicyclic amines) is 1. The number of carbonyl (C=O) groups excluding carboxylic acids is 1. The van der Waals surface area contributed by atoms with E-state index in [1.165, 1.54) is 0 Å². The van der Waals surface area contributed by atoms with Gasteiger partial charge < -0.3 is 10.0 Å². The Balaban J connectivity index is 1.60. The molecule has 1 atom stereocenters. The summed E-state index contributed by atoms with van der Waals surface area (Å²) in [6.45, 7) is 1.35. The van der Waals surface area contributed by atoms with E-state index in [1.54, 1.807) is 24.3 Å². The summed E-state index contributed by atoms with van der Waals surface area (Å²) in [7, 11) is 0. The number of carbonyl (C=O) groups is 1. The van der Waals surface area contributed by atoms with Crippen molar-refractivity contribution in [3.63, 3.8) is 0 Å². The number of aliphatic hydroxyl groups is 1. The largest absolute Gasteiger partial charge is 0.388 e. The van der Waals surface area contributed by atoms with Crippen LogP contribution in [-0.2, 0) is 0 Å².